The Kier molecular flexibility index (Phi) is 3.02. The van der Waals surface area contributed by atoms with E-state index in [-0.39, 0.29) is 0 Å². The van der Waals surface area contributed by atoms with Gasteiger partial charge in [0, 0.05) is 31.7 Å². The number of aromatic nitrogens is 3. The van der Waals surface area contributed by atoms with E-state index in [2.05, 4.69) is 14.5 Å². The summed E-state index contributed by atoms with van der Waals surface area (Å²) in [5.74, 6) is 1.10. The molecule has 0 aromatic carbocycles. The summed E-state index contributed by atoms with van der Waals surface area (Å²) >= 11 is 0. The number of methoxy groups -OCH3 is 1. The topological polar surface area (TPSA) is 86.3 Å². The van der Waals surface area contributed by atoms with E-state index in [0.717, 1.165) is 18.9 Å². The van der Waals surface area contributed by atoms with E-state index in [4.69, 9.17) is 10.5 Å². The summed E-state index contributed by atoms with van der Waals surface area (Å²) in [6.45, 7) is 2.21. The van der Waals surface area contributed by atoms with Gasteiger partial charge in [0.2, 0.25) is 0 Å². The maximum atomic E-state index is 11.7. The van der Waals surface area contributed by atoms with Crippen molar-refractivity contribution in [3.05, 3.63) is 36.0 Å². The molecular formula is C13H15N5O2. The van der Waals surface area contributed by atoms with Gasteiger partial charge in [-0.1, -0.05) is 0 Å². The summed E-state index contributed by atoms with van der Waals surface area (Å²) < 4.78 is 6.82. The van der Waals surface area contributed by atoms with E-state index in [1.165, 1.54) is 7.11 Å². The molecule has 7 nitrogen and oxygen atoms in total. The first kappa shape index (κ1) is 12.5. The Morgan fingerprint density at radius 1 is 1.35 bits per heavy atom. The predicted molar refractivity (Wildman–Crippen MR) is 73.3 cm³/mol. The first-order chi connectivity index (χ1) is 9.70. The number of rotatable bonds is 2. The number of esters is 1. The van der Waals surface area contributed by atoms with Crippen LogP contribution in [0.2, 0.25) is 0 Å². The Bertz CT molecular complexity index is 652. The van der Waals surface area contributed by atoms with Crippen LogP contribution in [0, 0.1) is 0 Å². The molecule has 0 unspecified atom stereocenters. The van der Waals surface area contributed by atoms with Crippen molar-refractivity contribution in [3.8, 4) is 0 Å². The SMILES string of the molecule is COC(=O)c1ccnc(N2CCn3ccnc3C2)c1N. The van der Waals surface area contributed by atoms with E-state index in [9.17, 15) is 4.79 Å². The van der Waals surface area contributed by atoms with Gasteiger partial charge in [-0.2, -0.15) is 0 Å². The maximum absolute atomic E-state index is 11.7. The number of nitrogens with zero attached hydrogens (tertiary/aromatic N) is 4. The Labute approximate surface area is 116 Å². The van der Waals surface area contributed by atoms with Gasteiger partial charge in [0.15, 0.2) is 5.82 Å². The lowest BCUT2D eigenvalue weighted by atomic mass is 10.2. The predicted octanol–water partition coefficient (Wildman–Crippen LogP) is 0.667. The normalized spacial score (nSPS) is 13.9. The number of hydrogen-bond donors (Lipinski definition) is 1. The number of carbonyl (C=O) groups is 1. The van der Waals surface area contributed by atoms with Gasteiger partial charge in [-0.3, -0.25) is 0 Å². The molecule has 2 aromatic rings. The Morgan fingerprint density at radius 2 is 2.20 bits per heavy atom. The van der Waals surface area contributed by atoms with Crippen molar-refractivity contribution < 1.29 is 9.53 Å². The smallest absolute Gasteiger partial charge is 0.340 e. The highest BCUT2D eigenvalue weighted by molar-refractivity contribution is 5.97. The van der Waals surface area contributed by atoms with Crippen molar-refractivity contribution in [2.45, 2.75) is 13.1 Å². The van der Waals surface area contributed by atoms with Gasteiger partial charge in [0.25, 0.3) is 0 Å². The van der Waals surface area contributed by atoms with Gasteiger partial charge >= 0.3 is 5.97 Å². The Hall–Kier alpha value is -2.57. The number of hydrogen-bond acceptors (Lipinski definition) is 6. The maximum Gasteiger partial charge on any atom is 0.340 e. The molecular weight excluding hydrogens is 258 g/mol. The van der Waals surface area contributed by atoms with Crippen LogP contribution in [0.25, 0.3) is 0 Å². The molecule has 0 saturated carbocycles. The second-order valence-corrected chi connectivity index (χ2v) is 4.55. The standard InChI is InChI=1S/C13H15N5O2/c1-20-13(19)9-2-3-16-12(11(9)14)18-7-6-17-5-4-15-10(17)8-18/h2-5H,6-8,14H2,1H3. The molecule has 3 heterocycles. The van der Waals surface area contributed by atoms with Crippen molar-refractivity contribution in [2.75, 3.05) is 24.3 Å². The van der Waals surface area contributed by atoms with Gasteiger partial charge in [-0.25, -0.2) is 14.8 Å². The van der Waals surface area contributed by atoms with Gasteiger partial charge in [-0.05, 0) is 6.07 Å². The monoisotopic (exact) mass is 273 g/mol. The highest BCUT2D eigenvalue weighted by Gasteiger charge is 2.22. The molecule has 0 amide bonds. The van der Waals surface area contributed by atoms with Crippen LogP contribution in [0.4, 0.5) is 11.5 Å². The molecule has 2 aromatic heterocycles. The van der Waals surface area contributed by atoms with Gasteiger partial charge < -0.3 is 19.9 Å². The Morgan fingerprint density at radius 3 is 3.00 bits per heavy atom. The number of nitrogens with two attached hydrogens (primary N) is 1. The zero-order valence-electron chi connectivity index (χ0n) is 11.1. The minimum atomic E-state index is -0.454. The summed E-state index contributed by atoms with van der Waals surface area (Å²) in [6, 6.07) is 1.57. The molecule has 104 valence electrons. The lowest BCUT2D eigenvalue weighted by molar-refractivity contribution is 0.0602. The van der Waals surface area contributed by atoms with Gasteiger partial charge in [0.05, 0.1) is 24.9 Å². The fourth-order valence-corrected chi connectivity index (χ4v) is 2.36. The average Bonchev–Trinajstić information content (AvgIpc) is 2.94. The summed E-state index contributed by atoms with van der Waals surface area (Å²) in [6.07, 6.45) is 5.30. The fraction of sp³-hybridized carbons (Fsp3) is 0.308. The van der Waals surface area contributed by atoms with Crippen LogP contribution < -0.4 is 10.6 Å². The third kappa shape index (κ3) is 1.97. The highest BCUT2D eigenvalue weighted by Crippen LogP contribution is 2.27. The highest BCUT2D eigenvalue weighted by atomic mass is 16.5. The summed E-state index contributed by atoms with van der Waals surface area (Å²) in [7, 11) is 1.33. The summed E-state index contributed by atoms with van der Waals surface area (Å²) in [5.41, 5.74) is 6.74. The molecule has 0 saturated heterocycles. The molecule has 7 heteroatoms. The number of imidazole rings is 1. The van der Waals surface area contributed by atoms with Crippen LogP contribution in [0.15, 0.2) is 24.7 Å². The lowest BCUT2D eigenvalue weighted by Gasteiger charge is -2.29. The first-order valence-electron chi connectivity index (χ1n) is 6.28. The largest absolute Gasteiger partial charge is 0.465 e. The van der Waals surface area contributed by atoms with E-state index < -0.39 is 5.97 Å². The minimum absolute atomic E-state index is 0.339. The van der Waals surface area contributed by atoms with Crippen molar-refractivity contribution in [1.82, 2.24) is 14.5 Å². The van der Waals surface area contributed by atoms with E-state index in [0.29, 0.717) is 23.6 Å². The van der Waals surface area contributed by atoms with Crippen LogP contribution in [0.5, 0.6) is 0 Å². The van der Waals surface area contributed by atoms with Crippen molar-refractivity contribution in [1.29, 1.82) is 0 Å². The number of pyridine rings is 1. The number of fused-ring (bicyclic) bond motifs is 1. The fourth-order valence-electron chi connectivity index (χ4n) is 2.36. The minimum Gasteiger partial charge on any atom is -0.465 e. The second kappa shape index (κ2) is 4.84. The van der Waals surface area contributed by atoms with Crippen LogP contribution >= 0.6 is 0 Å². The third-order valence-corrected chi connectivity index (χ3v) is 3.42. The number of ether oxygens (including phenoxy) is 1. The second-order valence-electron chi connectivity index (χ2n) is 4.55. The molecule has 0 spiro atoms. The van der Waals surface area contributed by atoms with Crippen molar-refractivity contribution in [3.63, 3.8) is 0 Å². The average molecular weight is 273 g/mol. The Balaban J connectivity index is 1.94. The molecule has 0 bridgehead atoms. The number of anilines is 2. The van der Waals surface area contributed by atoms with E-state index in [1.807, 2.05) is 11.1 Å². The molecule has 0 fully saturated rings. The molecule has 0 atom stereocenters. The summed E-state index contributed by atoms with van der Waals surface area (Å²) in [4.78, 5) is 22.3. The lowest BCUT2D eigenvalue weighted by Crippen LogP contribution is -2.35. The molecule has 1 aliphatic heterocycles. The van der Waals surface area contributed by atoms with Crippen LogP contribution in [0.1, 0.15) is 16.2 Å². The third-order valence-electron chi connectivity index (χ3n) is 3.42. The number of nitrogen functional groups attached to an aromatic ring is 1. The quantitative estimate of drug-likeness (QED) is 0.809. The molecule has 0 aliphatic carbocycles. The zero-order chi connectivity index (χ0) is 14.1. The van der Waals surface area contributed by atoms with E-state index in [1.54, 1.807) is 18.5 Å². The van der Waals surface area contributed by atoms with E-state index >= 15 is 0 Å². The van der Waals surface area contributed by atoms with Crippen LogP contribution in [-0.2, 0) is 17.8 Å². The summed E-state index contributed by atoms with van der Waals surface area (Å²) in [5, 5.41) is 0. The zero-order valence-corrected chi connectivity index (χ0v) is 11.1. The van der Waals surface area contributed by atoms with Crippen molar-refractivity contribution in [2.24, 2.45) is 0 Å². The first-order valence-corrected chi connectivity index (χ1v) is 6.28. The molecule has 3 rings (SSSR count). The van der Waals surface area contributed by atoms with Crippen molar-refractivity contribution >= 4 is 17.5 Å². The molecule has 2 N–H and O–H groups in total. The molecule has 0 radical (unpaired) electrons. The molecule has 20 heavy (non-hydrogen) atoms. The van der Waals surface area contributed by atoms with Gasteiger partial charge in [0.1, 0.15) is 5.82 Å². The van der Waals surface area contributed by atoms with Gasteiger partial charge in [-0.15, -0.1) is 0 Å². The van der Waals surface area contributed by atoms with Crippen LogP contribution in [0.3, 0.4) is 0 Å². The number of carbonyl (C=O) groups excluding carboxylic acids is 1. The van der Waals surface area contributed by atoms with Crippen LogP contribution in [-0.4, -0.2) is 34.2 Å². The molecule has 1 aliphatic rings.